The molecule has 1 fully saturated rings. The molecule has 2 rings (SSSR count). The van der Waals surface area contributed by atoms with E-state index in [-0.39, 0.29) is 6.10 Å². The van der Waals surface area contributed by atoms with Crippen molar-refractivity contribution in [1.82, 2.24) is 5.32 Å². The Balaban J connectivity index is 1.75. The van der Waals surface area contributed by atoms with Crippen molar-refractivity contribution >= 4 is 0 Å². The molecule has 3 N–H and O–H groups in total. The zero-order valence-electron chi connectivity index (χ0n) is 10.0. The summed E-state index contributed by atoms with van der Waals surface area (Å²) in [7, 11) is 0. The lowest BCUT2D eigenvalue weighted by atomic mass is 9.93. The van der Waals surface area contributed by atoms with E-state index in [4.69, 9.17) is 0 Å². The lowest BCUT2D eigenvalue weighted by Crippen LogP contribution is -2.36. The Morgan fingerprint density at radius 3 is 2.41 bits per heavy atom. The normalized spacial score (nSPS) is 26.7. The van der Waals surface area contributed by atoms with Gasteiger partial charge in [0.25, 0.3) is 0 Å². The van der Waals surface area contributed by atoms with Crippen molar-refractivity contribution in [2.24, 2.45) is 0 Å². The smallest absolute Gasteiger partial charge is 0.0914 e. The minimum absolute atomic E-state index is 0.118. The first kappa shape index (κ1) is 12.6. The standard InChI is InChI=1S/C14H21NO2/c16-13-8-6-12(7-9-13)15-10-14(17)11-4-2-1-3-5-11/h1-5,12-17H,6-10H2. The quantitative estimate of drug-likeness (QED) is 0.743. The first-order valence-corrected chi connectivity index (χ1v) is 6.40. The second-order valence-electron chi connectivity index (χ2n) is 4.84. The third-order valence-corrected chi connectivity index (χ3v) is 3.48. The molecule has 1 atom stereocenters. The van der Waals surface area contributed by atoms with Crippen molar-refractivity contribution in [3.63, 3.8) is 0 Å². The summed E-state index contributed by atoms with van der Waals surface area (Å²) in [6, 6.07) is 10.2. The highest BCUT2D eigenvalue weighted by atomic mass is 16.3. The first-order chi connectivity index (χ1) is 8.25. The third kappa shape index (κ3) is 3.80. The number of hydrogen-bond donors (Lipinski definition) is 3. The van der Waals surface area contributed by atoms with Crippen molar-refractivity contribution < 1.29 is 10.2 Å². The molecule has 0 radical (unpaired) electrons. The molecule has 1 unspecified atom stereocenters. The predicted octanol–water partition coefficient (Wildman–Crippen LogP) is 1.61. The van der Waals surface area contributed by atoms with Gasteiger partial charge < -0.3 is 15.5 Å². The molecule has 17 heavy (non-hydrogen) atoms. The van der Waals surface area contributed by atoms with Gasteiger partial charge in [-0.1, -0.05) is 30.3 Å². The fourth-order valence-electron chi connectivity index (χ4n) is 2.35. The molecule has 1 aliphatic carbocycles. The van der Waals surface area contributed by atoms with Gasteiger partial charge in [-0.15, -0.1) is 0 Å². The molecular formula is C14H21NO2. The van der Waals surface area contributed by atoms with Crippen molar-refractivity contribution in [3.8, 4) is 0 Å². The maximum atomic E-state index is 9.99. The molecule has 1 aromatic rings. The van der Waals surface area contributed by atoms with Gasteiger partial charge in [-0.05, 0) is 31.2 Å². The average molecular weight is 235 g/mol. The Bertz CT molecular complexity index is 320. The van der Waals surface area contributed by atoms with Crippen LogP contribution < -0.4 is 5.32 Å². The van der Waals surface area contributed by atoms with Gasteiger partial charge in [-0.25, -0.2) is 0 Å². The molecule has 0 bridgehead atoms. The highest BCUT2D eigenvalue weighted by Crippen LogP contribution is 2.19. The summed E-state index contributed by atoms with van der Waals surface area (Å²) in [5.41, 5.74) is 0.954. The molecule has 1 saturated carbocycles. The van der Waals surface area contributed by atoms with Gasteiger partial charge in [0.05, 0.1) is 12.2 Å². The second kappa shape index (κ2) is 6.15. The van der Waals surface area contributed by atoms with Crippen molar-refractivity contribution in [3.05, 3.63) is 35.9 Å². The Kier molecular flexibility index (Phi) is 4.54. The van der Waals surface area contributed by atoms with E-state index in [0.717, 1.165) is 31.2 Å². The van der Waals surface area contributed by atoms with Crippen molar-refractivity contribution in [2.75, 3.05) is 6.54 Å². The van der Waals surface area contributed by atoms with Crippen LogP contribution >= 0.6 is 0 Å². The fourth-order valence-corrected chi connectivity index (χ4v) is 2.35. The molecule has 1 aliphatic rings. The van der Waals surface area contributed by atoms with E-state index in [9.17, 15) is 10.2 Å². The molecule has 0 heterocycles. The number of aliphatic hydroxyl groups is 2. The molecule has 0 amide bonds. The number of aliphatic hydroxyl groups excluding tert-OH is 2. The van der Waals surface area contributed by atoms with Crippen LogP contribution in [-0.4, -0.2) is 28.9 Å². The number of benzene rings is 1. The van der Waals surface area contributed by atoms with Crippen LogP contribution in [0.2, 0.25) is 0 Å². The molecule has 94 valence electrons. The van der Waals surface area contributed by atoms with Crippen LogP contribution in [0.3, 0.4) is 0 Å². The van der Waals surface area contributed by atoms with Crippen molar-refractivity contribution in [1.29, 1.82) is 0 Å². The Morgan fingerprint density at radius 1 is 1.12 bits per heavy atom. The summed E-state index contributed by atoms with van der Waals surface area (Å²) in [6.45, 7) is 0.588. The second-order valence-corrected chi connectivity index (χ2v) is 4.84. The average Bonchev–Trinajstić information content (AvgIpc) is 2.39. The van der Waals surface area contributed by atoms with Gasteiger partial charge in [0.1, 0.15) is 0 Å². The minimum Gasteiger partial charge on any atom is -0.393 e. The van der Waals surface area contributed by atoms with E-state index in [1.54, 1.807) is 0 Å². The van der Waals surface area contributed by atoms with E-state index >= 15 is 0 Å². The molecular weight excluding hydrogens is 214 g/mol. The molecule has 0 spiro atoms. The molecule has 0 aromatic heterocycles. The topological polar surface area (TPSA) is 52.5 Å². The van der Waals surface area contributed by atoms with Gasteiger partial charge >= 0.3 is 0 Å². The summed E-state index contributed by atoms with van der Waals surface area (Å²) in [5, 5.41) is 22.8. The van der Waals surface area contributed by atoms with Crippen LogP contribution in [0.1, 0.15) is 37.4 Å². The summed E-state index contributed by atoms with van der Waals surface area (Å²) in [6.07, 6.45) is 3.19. The molecule has 0 saturated heterocycles. The van der Waals surface area contributed by atoms with E-state index < -0.39 is 6.10 Å². The summed E-state index contributed by atoms with van der Waals surface area (Å²) in [4.78, 5) is 0. The van der Waals surface area contributed by atoms with Gasteiger partial charge in [-0.2, -0.15) is 0 Å². The SMILES string of the molecule is OC1CCC(NCC(O)c2ccccc2)CC1. The lowest BCUT2D eigenvalue weighted by molar-refractivity contribution is 0.109. The largest absolute Gasteiger partial charge is 0.393 e. The van der Waals surface area contributed by atoms with Crippen LogP contribution in [0.25, 0.3) is 0 Å². The fraction of sp³-hybridized carbons (Fsp3) is 0.571. The predicted molar refractivity (Wildman–Crippen MR) is 67.7 cm³/mol. The van der Waals surface area contributed by atoms with Crippen LogP contribution in [0.4, 0.5) is 0 Å². The van der Waals surface area contributed by atoms with Gasteiger partial charge in [0, 0.05) is 12.6 Å². The van der Waals surface area contributed by atoms with E-state index in [1.165, 1.54) is 0 Å². The highest BCUT2D eigenvalue weighted by molar-refractivity contribution is 5.17. The van der Waals surface area contributed by atoms with Gasteiger partial charge in [0.2, 0.25) is 0 Å². The molecule has 3 nitrogen and oxygen atoms in total. The van der Waals surface area contributed by atoms with E-state index in [1.807, 2.05) is 30.3 Å². The lowest BCUT2D eigenvalue weighted by Gasteiger charge is -2.27. The number of hydrogen-bond acceptors (Lipinski definition) is 3. The monoisotopic (exact) mass is 235 g/mol. The summed E-state index contributed by atoms with van der Waals surface area (Å²) >= 11 is 0. The molecule has 0 aliphatic heterocycles. The Labute approximate surface area is 102 Å². The summed E-state index contributed by atoms with van der Waals surface area (Å²) in [5.74, 6) is 0. The number of nitrogens with one attached hydrogen (secondary N) is 1. The zero-order chi connectivity index (χ0) is 12.1. The van der Waals surface area contributed by atoms with Gasteiger partial charge in [-0.3, -0.25) is 0 Å². The molecule has 3 heteroatoms. The van der Waals surface area contributed by atoms with Crippen molar-refractivity contribution in [2.45, 2.75) is 43.9 Å². The van der Waals surface area contributed by atoms with Crippen LogP contribution in [0.15, 0.2) is 30.3 Å². The summed E-state index contributed by atoms with van der Waals surface area (Å²) < 4.78 is 0. The molecule has 1 aromatic carbocycles. The zero-order valence-corrected chi connectivity index (χ0v) is 10.0. The van der Waals surface area contributed by atoms with Gasteiger partial charge in [0.15, 0.2) is 0 Å². The maximum absolute atomic E-state index is 9.99. The van der Waals surface area contributed by atoms with Crippen LogP contribution in [0.5, 0.6) is 0 Å². The minimum atomic E-state index is -0.442. The van der Waals surface area contributed by atoms with Crippen LogP contribution in [0, 0.1) is 0 Å². The third-order valence-electron chi connectivity index (χ3n) is 3.48. The first-order valence-electron chi connectivity index (χ1n) is 6.40. The Hall–Kier alpha value is -0.900. The Morgan fingerprint density at radius 2 is 1.76 bits per heavy atom. The number of rotatable bonds is 4. The van der Waals surface area contributed by atoms with E-state index in [2.05, 4.69) is 5.32 Å². The maximum Gasteiger partial charge on any atom is 0.0914 e. The van der Waals surface area contributed by atoms with Crippen LogP contribution in [-0.2, 0) is 0 Å². The van der Waals surface area contributed by atoms with E-state index in [0.29, 0.717) is 12.6 Å². The highest BCUT2D eigenvalue weighted by Gasteiger charge is 2.19.